The van der Waals surface area contributed by atoms with Crippen LogP contribution in [0.15, 0.2) is 48.0 Å². The molecule has 3 rings (SSSR count). The summed E-state index contributed by atoms with van der Waals surface area (Å²) >= 11 is 0. The van der Waals surface area contributed by atoms with Crippen LogP contribution in [-0.4, -0.2) is 65.8 Å². The first-order valence-corrected chi connectivity index (χ1v) is 11.0. The topological polar surface area (TPSA) is 66.7 Å². The minimum Gasteiger partial charge on any atom is -0.379 e. The Labute approximate surface area is 203 Å². The summed E-state index contributed by atoms with van der Waals surface area (Å²) in [7, 11) is 0. The minimum absolute atomic E-state index is 0. The van der Waals surface area contributed by atoms with E-state index in [-0.39, 0.29) is 24.0 Å². The van der Waals surface area contributed by atoms with Crippen molar-refractivity contribution in [1.82, 2.24) is 25.1 Å². The summed E-state index contributed by atoms with van der Waals surface area (Å²) in [4.78, 5) is 11.4. The second-order valence-electron chi connectivity index (χ2n) is 8.09. The van der Waals surface area contributed by atoms with Crippen LogP contribution in [0, 0.1) is 5.92 Å². The van der Waals surface area contributed by atoms with Crippen LogP contribution >= 0.6 is 24.0 Å². The maximum absolute atomic E-state index is 5.52. The standard InChI is InChI=1S/C23H36N6O.HI/c1-4-25-23(27-16-22(19(2)3)29-11-13-30-14-12-29)26-15-20-5-7-21(8-6-20)17-28-10-9-24-18-28;/h5-10,18-19,22H,4,11-17H2,1-3H3,(H2,25,26,27);1H. The second kappa shape index (κ2) is 13.7. The SMILES string of the molecule is CCNC(=NCc1ccc(Cn2ccnc2)cc1)NCC(C(C)C)N1CCOCC1.I. The molecule has 1 aromatic heterocycles. The molecule has 8 heteroatoms. The van der Waals surface area contributed by atoms with Gasteiger partial charge in [-0.15, -0.1) is 24.0 Å². The van der Waals surface area contributed by atoms with Crippen molar-refractivity contribution in [2.24, 2.45) is 10.9 Å². The summed E-state index contributed by atoms with van der Waals surface area (Å²) < 4.78 is 7.59. The van der Waals surface area contributed by atoms with Crippen LogP contribution in [0.4, 0.5) is 0 Å². The Morgan fingerprint density at radius 1 is 1.13 bits per heavy atom. The molecule has 1 aromatic carbocycles. The molecule has 0 spiro atoms. The quantitative estimate of drug-likeness (QED) is 0.291. The Bertz CT molecular complexity index is 757. The first kappa shape index (κ1) is 25.6. The Morgan fingerprint density at radius 3 is 2.45 bits per heavy atom. The number of imidazole rings is 1. The molecule has 31 heavy (non-hydrogen) atoms. The van der Waals surface area contributed by atoms with E-state index in [1.54, 1.807) is 6.20 Å². The first-order chi connectivity index (χ1) is 14.7. The average molecular weight is 540 g/mol. The van der Waals surface area contributed by atoms with Crippen LogP contribution in [0.5, 0.6) is 0 Å². The van der Waals surface area contributed by atoms with E-state index in [1.807, 2.05) is 12.5 Å². The summed E-state index contributed by atoms with van der Waals surface area (Å²) in [6.07, 6.45) is 5.63. The van der Waals surface area contributed by atoms with Crippen molar-refractivity contribution >= 4 is 29.9 Å². The third kappa shape index (κ3) is 8.42. The van der Waals surface area contributed by atoms with Crippen molar-refractivity contribution in [3.63, 3.8) is 0 Å². The normalized spacial score (nSPS) is 16.1. The molecule has 2 N–H and O–H groups in total. The summed E-state index contributed by atoms with van der Waals surface area (Å²) in [5.41, 5.74) is 2.46. The number of rotatable bonds is 9. The van der Waals surface area contributed by atoms with Gasteiger partial charge in [0.25, 0.3) is 0 Å². The molecule has 172 valence electrons. The number of aromatic nitrogens is 2. The summed E-state index contributed by atoms with van der Waals surface area (Å²) in [6, 6.07) is 9.12. The average Bonchev–Trinajstić information content (AvgIpc) is 3.27. The van der Waals surface area contributed by atoms with E-state index in [0.29, 0.717) is 18.5 Å². The second-order valence-corrected chi connectivity index (χ2v) is 8.09. The zero-order valence-electron chi connectivity index (χ0n) is 19.0. The zero-order chi connectivity index (χ0) is 21.2. The van der Waals surface area contributed by atoms with Gasteiger partial charge in [-0.3, -0.25) is 4.90 Å². The maximum atomic E-state index is 5.52. The lowest BCUT2D eigenvalue weighted by Gasteiger charge is -2.37. The van der Waals surface area contributed by atoms with E-state index < -0.39 is 0 Å². The molecular formula is C23H37IN6O. The number of guanidine groups is 1. The van der Waals surface area contributed by atoms with E-state index in [9.17, 15) is 0 Å². The Kier molecular flexibility index (Phi) is 11.3. The smallest absolute Gasteiger partial charge is 0.191 e. The molecule has 0 bridgehead atoms. The Morgan fingerprint density at radius 2 is 1.84 bits per heavy atom. The van der Waals surface area contributed by atoms with Gasteiger partial charge >= 0.3 is 0 Å². The van der Waals surface area contributed by atoms with Crippen molar-refractivity contribution in [1.29, 1.82) is 0 Å². The molecule has 7 nitrogen and oxygen atoms in total. The lowest BCUT2D eigenvalue weighted by Crippen LogP contribution is -2.52. The van der Waals surface area contributed by atoms with E-state index in [4.69, 9.17) is 9.73 Å². The monoisotopic (exact) mass is 540 g/mol. The summed E-state index contributed by atoms with van der Waals surface area (Å²) in [6.45, 7) is 13.6. The number of morpholine rings is 1. The lowest BCUT2D eigenvalue weighted by atomic mass is 10.0. The molecule has 1 unspecified atom stereocenters. The number of nitrogens with zero attached hydrogens (tertiary/aromatic N) is 4. The van der Waals surface area contributed by atoms with E-state index in [0.717, 1.165) is 51.9 Å². The predicted octanol–water partition coefficient (Wildman–Crippen LogP) is 2.96. The van der Waals surface area contributed by atoms with Gasteiger partial charge in [0.1, 0.15) is 0 Å². The van der Waals surface area contributed by atoms with Crippen molar-refractivity contribution in [3.05, 3.63) is 54.1 Å². The predicted molar refractivity (Wildman–Crippen MR) is 137 cm³/mol. The fraction of sp³-hybridized carbons (Fsp3) is 0.565. The Hall–Kier alpha value is -1.65. The molecule has 2 aromatic rings. The van der Waals surface area contributed by atoms with E-state index >= 15 is 0 Å². The molecule has 0 amide bonds. The fourth-order valence-corrected chi connectivity index (χ4v) is 3.75. The van der Waals surface area contributed by atoms with Crippen LogP contribution in [0.2, 0.25) is 0 Å². The first-order valence-electron chi connectivity index (χ1n) is 11.0. The molecule has 0 saturated carbocycles. The minimum atomic E-state index is 0. The number of halogens is 1. The molecule has 1 saturated heterocycles. The van der Waals surface area contributed by atoms with Gasteiger partial charge < -0.3 is 19.9 Å². The molecule has 1 aliphatic heterocycles. The molecule has 0 radical (unpaired) electrons. The van der Waals surface area contributed by atoms with Crippen molar-refractivity contribution in [3.8, 4) is 0 Å². The van der Waals surface area contributed by atoms with Crippen LogP contribution in [0.25, 0.3) is 0 Å². The number of hydrogen-bond donors (Lipinski definition) is 2. The highest BCUT2D eigenvalue weighted by molar-refractivity contribution is 14.0. The Balaban J connectivity index is 0.00000341. The number of hydrogen-bond acceptors (Lipinski definition) is 4. The maximum Gasteiger partial charge on any atom is 0.191 e. The largest absolute Gasteiger partial charge is 0.379 e. The number of aliphatic imine (C=N–C) groups is 1. The van der Waals surface area contributed by atoms with Gasteiger partial charge in [-0.25, -0.2) is 9.98 Å². The highest BCUT2D eigenvalue weighted by atomic mass is 127. The van der Waals surface area contributed by atoms with E-state index in [2.05, 4.69) is 70.1 Å². The van der Waals surface area contributed by atoms with E-state index in [1.165, 1.54) is 11.1 Å². The van der Waals surface area contributed by atoms with Gasteiger partial charge in [0.2, 0.25) is 0 Å². The van der Waals surface area contributed by atoms with Crippen molar-refractivity contribution < 1.29 is 4.74 Å². The molecule has 1 aliphatic rings. The van der Waals surface area contributed by atoms with Crippen molar-refractivity contribution in [2.45, 2.75) is 39.9 Å². The van der Waals surface area contributed by atoms with Gasteiger partial charge in [-0.1, -0.05) is 38.1 Å². The van der Waals surface area contributed by atoms with Crippen molar-refractivity contribution in [2.75, 3.05) is 39.4 Å². The third-order valence-corrected chi connectivity index (χ3v) is 5.47. The fourth-order valence-electron chi connectivity index (χ4n) is 3.75. The number of ether oxygens (including phenoxy) is 1. The number of nitrogens with one attached hydrogen (secondary N) is 2. The van der Waals surface area contributed by atoms with Crippen LogP contribution in [-0.2, 0) is 17.8 Å². The molecular weight excluding hydrogens is 503 g/mol. The third-order valence-electron chi connectivity index (χ3n) is 5.47. The van der Waals surface area contributed by atoms with Crippen LogP contribution in [0.1, 0.15) is 31.9 Å². The molecule has 0 aliphatic carbocycles. The summed E-state index contributed by atoms with van der Waals surface area (Å²) in [5.74, 6) is 1.44. The zero-order valence-corrected chi connectivity index (χ0v) is 21.3. The van der Waals surface area contributed by atoms with Gasteiger partial charge in [0.05, 0.1) is 26.1 Å². The molecule has 1 atom stereocenters. The highest BCUT2D eigenvalue weighted by Crippen LogP contribution is 2.12. The van der Waals surface area contributed by atoms with Gasteiger partial charge in [-0.2, -0.15) is 0 Å². The van der Waals surface area contributed by atoms with Crippen LogP contribution in [0.3, 0.4) is 0 Å². The summed E-state index contributed by atoms with van der Waals surface area (Å²) in [5, 5.41) is 6.93. The van der Waals surface area contributed by atoms with Gasteiger partial charge in [-0.05, 0) is 24.0 Å². The molecule has 1 fully saturated rings. The lowest BCUT2D eigenvalue weighted by molar-refractivity contribution is 0.00752. The van der Waals surface area contributed by atoms with Crippen LogP contribution < -0.4 is 10.6 Å². The van der Waals surface area contributed by atoms with Gasteiger partial charge in [0, 0.05) is 51.2 Å². The number of benzene rings is 1. The van der Waals surface area contributed by atoms with Gasteiger partial charge in [0.15, 0.2) is 5.96 Å². The highest BCUT2D eigenvalue weighted by Gasteiger charge is 2.23. The molecule has 2 heterocycles.